The third-order valence-corrected chi connectivity index (χ3v) is 3.77. The van der Waals surface area contributed by atoms with E-state index in [1.54, 1.807) is 28.9 Å². The van der Waals surface area contributed by atoms with Gasteiger partial charge < -0.3 is 16.4 Å². The summed E-state index contributed by atoms with van der Waals surface area (Å²) in [6, 6.07) is 6.65. The van der Waals surface area contributed by atoms with Crippen LogP contribution in [-0.4, -0.2) is 28.1 Å². The molecular formula is C15H17N5O2. The molecule has 1 aromatic carbocycles. The number of hydrogen-bond donors (Lipinski definition) is 3. The summed E-state index contributed by atoms with van der Waals surface area (Å²) < 4.78 is 1.74. The van der Waals surface area contributed by atoms with Gasteiger partial charge in [-0.1, -0.05) is 12.1 Å². The van der Waals surface area contributed by atoms with Gasteiger partial charge in [0.25, 0.3) is 11.8 Å². The minimum absolute atomic E-state index is 0.277. The smallest absolute Gasteiger partial charge is 0.276 e. The number of amides is 2. The van der Waals surface area contributed by atoms with Crippen LogP contribution in [0.1, 0.15) is 32.1 Å². The van der Waals surface area contributed by atoms with Crippen molar-refractivity contribution >= 4 is 17.5 Å². The number of nitrogens with zero attached hydrogens (tertiary/aromatic N) is 2. The number of hydrogen-bond acceptors (Lipinski definition) is 4. The quantitative estimate of drug-likeness (QED) is 0.764. The minimum Gasteiger partial charge on any atom is -0.366 e. The van der Waals surface area contributed by atoms with Crippen LogP contribution in [0.5, 0.6) is 0 Å². The topological polar surface area (TPSA) is 102 Å². The van der Waals surface area contributed by atoms with E-state index in [1.807, 2.05) is 7.05 Å². The largest absolute Gasteiger partial charge is 0.366 e. The summed E-state index contributed by atoms with van der Waals surface area (Å²) in [6.07, 6.45) is 0.837. The molecule has 22 heavy (non-hydrogen) atoms. The second-order valence-corrected chi connectivity index (χ2v) is 5.19. The van der Waals surface area contributed by atoms with E-state index in [9.17, 15) is 9.59 Å². The van der Waals surface area contributed by atoms with Crippen molar-refractivity contribution in [3.63, 3.8) is 0 Å². The van der Waals surface area contributed by atoms with Gasteiger partial charge in [0.05, 0.1) is 11.3 Å². The van der Waals surface area contributed by atoms with Gasteiger partial charge in [-0.05, 0) is 12.1 Å². The fourth-order valence-corrected chi connectivity index (χ4v) is 2.69. The molecule has 0 saturated carbocycles. The lowest BCUT2D eigenvalue weighted by Crippen LogP contribution is -2.26. The maximum Gasteiger partial charge on any atom is 0.276 e. The van der Waals surface area contributed by atoms with Gasteiger partial charge in [0.1, 0.15) is 0 Å². The number of aryl methyl sites for hydroxylation is 1. The van der Waals surface area contributed by atoms with Crippen molar-refractivity contribution in [3.8, 4) is 0 Å². The molecule has 2 heterocycles. The molecule has 0 fully saturated rings. The monoisotopic (exact) mass is 299 g/mol. The van der Waals surface area contributed by atoms with E-state index in [4.69, 9.17) is 5.73 Å². The van der Waals surface area contributed by atoms with Crippen LogP contribution in [0.15, 0.2) is 24.3 Å². The van der Waals surface area contributed by atoms with Crippen molar-refractivity contribution in [3.05, 3.63) is 46.8 Å². The Morgan fingerprint density at radius 1 is 1.36 bits per heavy atom. The molecule has 1 aromatic heterocycles. The first-order chi connectivity index (χ1) is 10.6. The molecule has 114 valence electrons. The summed E-state index contributed by atoms with van der Waals surface area (Å²) in [5.74, 6) is -0.921. The zero-order chi connectivity index (χ0) is 15.7. The Hall–Kier alpha value is -2.67. The van der Waals surface area contributed by atoms with Crippen LogP contribution in [-0.2, 0) is 20.0 Å². The summed E-state index contributed by atoms with van der Waals surface area (Å²) in [7, 11) is 1.83. The van der Waals surface area contributed by atoms with E-state index in [0.717, 1.165) is 24.2 Å². The van der Waals surface area contributed by atoms with Crippen molar-refractivity contribution in [1.29, 1.82) is 0 Å². The zero-order valence-corrected chi connectivity index (χ0v) is 12.2. The Morgan fingerprint density at radius 2 is 2.14 bits per heavy atom. The number of primary amides is 1. The van der Waals surface area contributed by atoms with E-state index in [-0.39, 0.29) is 11.5 Å². The Balaban J connectivity index is 1.92. The highest BCUT2D eigenvalue weighted by atomic mass is 16.2. The van der Waals surface area contributed by atoms with Gasteiger partial charge >= 0.3 is 0 Å². The van der Waals surface area contributed by atoms with Crippen LogP contribution in [0.2, 0.25) is 0 Å². The molecule has 1 aliphatic heterocycles. The minimum atomic E-state index is -0.583. The molecule has 0 spiro atoms. The van der Waals surface area contributed by atoms with Gasteiger partial charge in [0, 0.05) is 37.8 Å². The molecule has 0 unspecified atom stereocenters. The van der Waals surface area contributed by atoms with Crippen molar-refractivity contribution in [2.45, 2.75) is 13.0 Å². The average molecular weight is 299 g/mol. The molecule has 0 saturated heterocycles. The second-order valence-electron chi connectivity index (χ2n) is 5.19. The highest BCUT2D eigenvalue weighted by molar-refractivity contribution is 6.08. The summed E-state index contributed by atoms with van der Waals surface area (Å²) in [4.78, 5) is 23.9. The number of nitrogens with two attached hydrogens (primary N) is 1. The fourth-order valence-electron chi connectivity index (χ4n) is 2.69. The lowest BCUT2D eigenvalue weighted by Gasteiger charge is -2.14. The molecule has 1 aliphatic rings. The van der Waals surface area contributed by atoms with Crippen LogP contribution in [0.3, 0.4) is 0 Å². The van der Waals surface area contributed by atoms with Gasteiger partial charge in [-0.25, -0.2) is 0 Å². The number of aromatic nitrogens is 2. The normalized spacial score (nSPS) is 13.5. The maximum absolute atomic E-state index is 12.5. The molecule has 4 N–H and O–H groups in total. The van der Waals surface area contributed by atoms with E-state index in [1.165, 1.54) is 0 Å². The first-order valence-corrected chi connectivity index (χ1v) is 7.03. The number of benzene rings is 1. The van der Waals surface area contributed by atoms with Crippen LogP contribution in [0.4, 0.5) is 5.69 Å². The highest BCUT2D eigenvalue weighted by Crippen LogP contribution is 2.20. The van der Waals surface area contributed by atoms with E-state index in [0.29, 0.717) is 17.9 Å². The zero-order valence-electron chi connectivity index (χ0n) is 12.2. The molecule has 3 rings (SSSR count). The molecular weight excluding hydrogens is 282 g/mol. The summed E-state index contributed by atoms with van der Waals surface area (Å²) >= 11 is 0. The Bertz CT molecular complexity index is 750. The molecule has 2 aromatic rings. The molecule has 0 bridgehead atoms. The first kappa shape index (κ1) is 14.3. The number of rotatable bonds is 3. The van der Waals surface area contributed by atoms with Crippen LogP contribution in [0.25, 0.3) is 0 Å². The molecule has 7 heteroatoms. The summed E-state index contributed by atoms with van der Waals surface area (Å²) in [5, 5.41) is 10.3. The molecule has 2 amide bonds. The molecule has 0 radical (unpaired) electrons. The van der Waals surface area contributed by atoms with Gasteiger partial charge in [0.2, 0.25) is 0 Å². The number of para-hydroxylation sites is 1. The lowest BCUT2D eigenvalue weighted by atomic mass is 10.1. The molecule has 0 aliphatic carbocycles. The van der Waals surface area contributed by atoms with Crippen LogP contribution >= 0.6 is 0 Å². The Kier molecular flexibility index (Phi) is 3.64. The second kappa shape index (κ2) is 5.61. The van der Waals surface area contributed by atoms with Crippen LogP contribution in [0, 0.1) is 0 Å². The van der Waals surface area contributed by atoms with Crippen LogP contribution < -0.4 is 16.4 Å². The summed E-state index contributed by atoms with van der Waals surface area (Å²) in [5.41, 5.74) is 8.34. The lowest BCUT2D eigenvalue weighted by molar-refractivity contribution is 0.100. The fraction of sp³-hybridized carbons (Fsp3) is 0.267. The number of anilines is 1. The van der Waals surface area contributed by atoms with E-state index in [2.05, 4.69) is 15.7 Å². The van der Waals surface area contributed by atoms with E-state index < -0.39 is 5.91 Å². The van der Waals surface area contributed by atoms with E-state index >= 15 is 0 Å². The van der Waals surface area contributed by atoms with Crippen molar-refractivity contribution in [1.82, 2.24) is 15.1 Å². The summed E-state index contributed by atoms with van der Waals surface area (Å²) in [6.45, 7) is 1.49. The average Bonchev–Trinajstić information content (AvgIpc) is 2.85. The van der Waals surface area contributed by atoms with Crippen molar-refractivity contribution in [2.75, 3.05) is 11.9 Å². The van der Waals surface area contributed by atoms with Gasteiger partial charge in [0.15, 0.2) is 5.69 Å². The highest BCUT2D eigenvalue weighted by Gasteiger charge is 2.24. The number of nitrogens with one attached hydrogen (secondary N) is 2. The van der Waals surface area contributed by atoms with Gasteiger partial charge in [-0.3, -0.25) is 14.3 Å². The third kappa shape index (κ3) is 2.46. The number of carbonyl (C=O) groups excluding carboxylic acids is 2. The van der Waals surface area contributed by atoms with Gasteiger partial charge in [-0.15, -0.1) is 0 Å². The predicted octanol–water partition coefficient (Wildman–Crippen LogP) is 0.417. The standard InChI is InChI=1S/C15H17N5O2/c1-20-12-6-7-17-8-10(12)13(19-20)15(22)18-11-5-3-2-4-9(11)14(16)21/h2-5,17H,6-8H2,1H3,(H2,16,21)(H,18,22). The molecule has 7 nitrogen and oxygen atoms in total. The number of carbonyl (C=O) groups is 2. The predicted molar refractivity (Wildman–Crippen MR) is 81.5 cm³/mol. The Labute approximate surface area is 127 Å². The SMILES string of the molecule is Cn1nc(C(=O)Nc2ccccc2C(N)=O)c2c1CCNC2. The number of fused-ring (bicyclic) bond motifs is 1. The van der Waals surface area contributed by atoms with Gasteiger partial charge in [-0.2, -0.15) is 5.10 Å². The Morgan fingerprint density at radius 3 is 2.91 bits per heavy atom. The first-order valence-electron chi connectivity index (χ1n) is 7.03. The maximum atomic E-state index is 12.5. The van der Waals surface area contributed by atoms with Crippen molar-refractivity contribution < 1.29 is 9.59 Å². The molecule has 0 atom stereocenters. The van der Waals surface area contributed by atoms with Crippen molar-refractivity contribution in [2.24, 2.45) is 12.8 Å². The third-order valence-electron chi connectivity index (χ3n) is 3.77.